The van der Waals surface area contributed by atoms with E-state index in [0.717, 1.165) is 29.4 Å². The molecule has 0 spiro atoms. The highest BCUT2D eigenvalue weighted by atomic mass is 35.5. The molecule has 1 saturated carbocycles. The fourth-order valence-electron chi connectivity index (χ4n) is 2.96. The lowest BCUT2D eigenvalue weighted by molar-refractivity contribution is 0.0600. The van der Waals surface area contributed by atoms with Gasteiger partial charge in [-0.3, -0.25) is 4.57 Å². The number of hydrogen-bond acceptors (Lipinski definition) is 6. The molecule has 0 saturated heterocycles. The number of benzene rings is 2. The molecule has 1 heterocycles. The van der Waals surface area contributed by atoms with Crippen LogP contribution in [0.4, 0.5) is 0 Å². The maximum absolute atomic E-state index is 11.7. The summed E-state index contributed by atoms with van der Waals surface area (Å²) in [5.41, 5.74) is 1.57. The smallest absolute Gasteiger partial charge is 0.337 e. The number of halogens is 1. The molecule has 0 unspecified atom stereocenters. The zero-order chi connectivity index (χ0) is 20.2. The van der Waals surface area contributed by atoms with Gasteiger partial charge in [-0.1, -0.05) is 47.6 Å². The molecule has 1 fully saturated rings. The number of aromatic nitrogens is 3. The van der Waals surface area contributed by atoms with Gasteiger partial charge < -0.3 is 9.47 Å². The van der Waals surface area contributed by atoms with Crippen molar-refractivity contribution in [3.8, 4) is 5.75 Å². The van der Waals surface area contributed by atoms with Crippen molar-refractivity contribution in [1.29, 1.82) is 0 Å². The third-order valence-electron chi connectivity index (χ3n) is 4.56. The molecule has 4 rings (SSSR count). The number of ether oxygens (including phenoxy) is 2. The average molecular weight is 430 g/mol. The van der Waals surface area contributed by atoms with E-state index in [2.05, 4.69) is 14.8 Å². The van der Waals surface area contributed by atoms with E-state index in [1.807, 2.05) is 36.4 Å². The van der Waals surface area contributed by atoms with Crippen LogP contribution in [0, 0.1) is 0 Å². The van der Waals surface area contributed by atoms with Crippen LogP contribution >= 0.6 is 23.4 Å². The Morgan fingerprint density at radius 3 is 2.79 bits per heavy atom. The molecule has 0 amide bonds. The minimum atomic E-state index is -0.336. The standard InChI is InChI=1S/C21H20ClN3O3S/c1-27-20(26)15-6-4-5-14(11-15)13-29-21-24-23-19(25(21)16-9-10-16)12-28-18-8-3-2-7-17(18)22/h2-8,11,16H,9-10,12-13H2,1H3. The third-order valence-corrected chi connectivity index (χ3v) is 5.88. The predicted octanol–water partition coefficient (Wildman–Crippen LogP) is 4.92. The van der Waals surface area contributed by atoms with Gasteiger partial charge in [0, 0.05) is 11.8 Å². The minimum Gasteiger partial charge on any atom is -0.484 e. The summed E-state index contributed by atoms with van der Waals surface area (Å²) in [6, 6.07) is 15.2. The summed E-state index contributed by atoms with van der Waals surface area (Å²) in [4.78, 5) is 11.7. The Morgan fingerprint density at radius 2 is 2.03 bits per heavy atom. The second-order valence-corrected chi connectivity index (χ2v) is 8.05. The summed E-state index contributed by atoms with van der Waals surface area (Å²) in [6.07, 6.45) is 2.23. The average Bonchev–Trinajstić information content (AvgIpc) is 3.51. The minimum absolute atomic E-state index is 0.311. The Bertz CT molecular complexity index is 1020. The van der Waals surface area contributed by atoms with Gasteiger partial charge >= 0.3 is 5.97 Å². The molecule has 0 radical (unpaired) electrons. The van der Waals surface area contributed by atoms with Crippen molar-refractivity contribution in [2.45, 2.75) is 36.4 Å². The Morgan fingerprint density at radius 1 is 1.21 bits per heavy atom. The number of rotatable bonds is 8. The van der Waals surface area contributed by atoms with Crippen molar-refractivity contribution < 1.29 is 14.3 Å². The van der Waals surface area contributed by atoms with E-state index in [1.54, 1.807) is 23.9 Å². The molecule has 1 aliphatic carbocycles. The Labute approximate surface area is 178 Å². The van der Waals surface area contributed by atoms with Crippen LogP contribution in [0.3, 0.4) is 0 Å². The van der Waals surface area contributed by atoms with E-state index in [0.29, 0.717) is 34.7 Å². The molecular formula is C21H20ClN3O3S. The Kier molecular flexibility index (Phi) is 6.06. The van der Waals surface area contributed by atoms with Crippen LogP contribution in [-0.4, -0.2) is 27.8 Å². The Balaban J connectivity index is 1.46. The summed E-state index contributed by atoms with van der Waals surface area (Å²) in [5, 5.41) is 10.1. The van der Waals surface area contributed by atoms with Crippen molar-refractivity contribution in [3.05, 3.63) is 70.5 Å². The van der Waals surface area contributed by atoms with Gasteiger partial charge in [0.25, 0.3) is 0 Å². The van der Waals surface area contributed by atoms with E-state index < -0.39 is 0 Å². The third kappa shape index (κ3) is 4.74. The maximum Gasteiger partial charge on any atom is 0.337 e. The summed E-state index contributed by atoms with van der Waals surface area (Å²) < 4.78 is 12.8. The van der Waals surface area contributed by atoms with Crippen molar-refractivity contribution in [3.63, 3.8) is 0 Å². The van der Waals surface area contributed by atoms with E-state index >= 15 is 0 Å². The van der Waals surface area contributed by atoms with E-state index in [-0.39, 0.29) is 5.97 Å². The lowest BCUT2D eigenvalue weighted by atomic mass is 10.1. The van der Waals surface area contributed by atoms with Crippen LogP contribution < -0.4 is 4.74 Å². The van der Waals surface area contributed by atoms with Gasteiger partial charge in [0.2, 0.25) is 0 Å². The van der Waals surface area contributed by atoms with Crippen LogP contribution in [0.5, 0.6) is 5.75 Å². The first-order valence-corrected chi connectivity index (χ1v) is 10.6. The Hall–Kier alpha value is -2.51. The first kappa shape index (κ1) is 19.8. The first-order chi connectivity index (χ1) is 14.2. The molecule has 2 aromatic carbocycles. The predicted molar refractivity (Wildman–Crippen MR) is 111 cm³/mol. The number of thioether (sulfide) groups is 1. The molecule has 0 bridgehead atoms. The highest BCUT2D eigenvalue weighted by Crippen LogP contribution is 2.39. The SMILES string of the molecule is COC(=O)c1cccc(CSc2nnc(COc3ccccc3Cl)n2C2CC2)c1. The molecule has 1 aromatic heterocycles. The molecule has 3 aromatic rings. The highest BCUT2D eigenvalue weighted by Gasteiger charge is 2.30. The molecule has 0 atom stereocenters. The van der Waals surface area contributed by atoms with Crippen LogP contribution in [0.2, 0.25) is 5.02 Å². The summed E-state index contributed by atoms with van der Waals surface area (Å²) in [5.74, 6) is 1.77. The lowest BCUT2D eigenvalue weighted by Gasteiger charge is -2.11. The number of esters is 1. The molecule has 150 valence electrons. The molecule has 6 nitrogen and oxygen atoms in total. The van der Waals surface area contributed by atoms with E-state index in [4.69, 9.17) is 21.1 Å². The fourth-order valence-corrected chi connectivity index (χ4v) is 4.12. The molecule has 29 heavy (non-hydrogen) atoms. The van der Waals surface area contributed by atoms with Crippen LogP contribution in [-0.2, 0) is 17.1 Å². The topological polar surface area (TPSA) is 66.2 Å². The molecule has 1 aliphatic rings. The molecule has 8 heteroatoms. The molecule has 0 N–H and O–H groups in total. The lowest BCUT2D eigenvalue weighted by Crippen LogP contribution is -2.07. The second kappa shape index (κ2) is 8.88. The number of methoxy groups -OCH3 is 1. The fraction of sp³-hybridized carbons (Fsp3) is 0.286. The second-order valence-electron chi connectivity index (χ2n) is 6.70. The van der Waals surface area contributed by atoms with Crippen molar-refractivity contribution in [2.24, 2.45) is 0 Å². The van der Waals surface area contributed by atoms with E-state index in [1.165, 1.54) is 7.11 Å². The van der Waals surface area contributed by atoms with E-state index in [9.17, 15) is 4.79 Å². The van der Waals surface area contributed by atoms with Gasteiger partial charge in [0.15, 0.2) is 11.0 Å². The molecular weight excluding hydrogens is 410 g/mol. The zero-order valence-corrected chi connectivity index (χ0v) is 17.4. The normalized spacial score (nSPS) is 13.3. The summed E-state index contributed by atoms with van der Waals surface area (Å²) in [6.45, 7) is 0.311. The van der Waals surface area contributed by atoms with Crippen LogP contribution in [0.25, 0.3) is 0 Å². The van der Waals surface area contributed by atoms with Gasteiger partial charge in [-0.05, 0) is 42.7 Å². The maximum atomic E-state index is 11.7. The van der Waals surface area contributed by atoms with Gasteiger partial charge in [0.05, 0.1) is 17.7 Å². The number of hydrogen-bond donors (Lipinski definition) is 0. The number of nitrogens with zero attached hydrogens (tertiary/aromatic N) is 3. The van der Waals surface area contributed by atoms with Crippen LogP contribution in [0.15, 0.2) is 53.7 Å². The monoisotopic (exact) mass is 429 g/mol. The number of carbonyl (C=O) groups is 1. The zero-order valence-electron chi connectivity index (χ0n) is 15.9. The van der Waals surface area contributed by atoms with Crippen molar-refractivity contribution in [2.75, 3.05) is 7.11 Å². The van der Waals surface area contributed by atoms with Crippen LogP contribution in [0.1, 0.15) is 40.6 Å². The van der Waals surface area contributed by atoms with Crippen molar-refractivity contribution in [1.82, 2.24) is 14.8 Å². The van der Waals surface area contributed by atoms with Gasteiger partial charge in [0.1, 0.15) is 12.4 Å². The molecule has 0 aliphatic heterocycles. The van der Waals surface area contributed by atoms with Gasteiger partial charge in [-0.25, -0.2) is 4.79 Å². The summed E-state index contributed by atoms with van der Waals surface area (Å²) in [7, 11) is 1.38. The number of carbonyl (C=O) groups excluding carboxylic acids is 1. The van der Waals surface area contributed by atoms with Gasteiger partial charge in [-0.15, -0.1) is 10.2 Å². The summed E-state index contributed by atoms with van der Waals surface area (Å²) >= 11 is 7.77. The largest absolute Gasteiger partial charge is 0.484 e. The quantitative estimate of drug-likeness (QED) is 0.374. The van der Waals surface area contributed by atoms with Gasteiger partial charge in [-0.2, -0.15) is 0 Å². The highest BCUT2D eigenvalue weighted by molar-refractivity contribution is 7.98. The number of para-hydroxylation sites is 1. The van der Waals surface area contributed by atoms with Crippen molar-refractivity contribution >= 4 is 29.3 Å². The first-order valence-electron chi connectivity index (χ1n) is 9.27.